The van der Waals surface area contributed by atoms with Crippen LogP contribution in [0.4, 0.5) is 5.82 Å². The van der Waals surface area contributed by atoms with Crippen molar-refractivity contribution in [3.05, 3.63) is 42.1 Å². The predicted molar refractivity (Wildman–Crippen MR) is 119 cm³/mol. The van der Waals surface area contributed by atoms with Crippen molar-refractivity contribution in [1.82, 2.24) is 10.3 Å². The number of aromatic nitrogens is 1. The standard InChI is InChI=1S/C24H26N4O5/c25-14-17-11-15(1-2-21(17)33-18-4-9-32-10-5-18)16-3-6-26-22(12-16)28-24(31)20-13-19(20)23(30)27-7-8-29/h1-3,6,11-12,18-20,29H,4-5,7-10,13H2,(H,27,30)(H,26,28,31)/t19-,20-/m1/s1. The second kappa shape index (κ2) is 10.4. The Morgan fingerprint density at radius 3 is 2.67 bits per heavy atom. The molecule has 2 fully saturated rings. The SMILES string of the molecule is N#Cc1cc(-c2ccnc(NC(=O)[C@@H]3C[C@H]3C(=O)NCCO)c2)ccc1OC1CCOCC1. The molecule has 2 aromatic rings. The molecule has 1 aromatic heterocycles. The van der Waals surface area contributed by atoms with Gasteiger partial charge in [-0.15, -0.1) is 0 Å². The minimum absolute atomic E-state index is 0.0383. The van der Waals surface area contributed by atoms with Crippen molar-refractivity contribution < 1.29 is 24.2 Å². The first kappa shape index (κ1) is 22.7. The maximum absolute atomic E-state index is 12.5. The molecule has 9 heteroatoms. The van der Waals surface area contributed by atoms with E-state index in [2.05, 4.69) is 21.7 Å². The summed E-state index contributed by atoms with van der Waals surface area (Å²) in [6, 6.07) is 11.2. The molecular weight excluding hydrogens is 424 g/mol. The molecule has 2 heterocycles. The second-order valence-corrected chi connectivity index (χ2v) is 8.13. The summed E-state index contributed by atoms with van der Waals surface area (Å²) >= 11 is 0. The summed E-state index contributed by atoms with van der Waals surface area (Å²) < 4.78 is 11.4. The van der Waals surface area contributed by atoms with Crippen molar-refractivity contribution >= 4 is 17.6 Å². The molecule has 0 unspecified atom stereocenters. The summed E-state index contributed by atoms with van der Waals surface area (Å²) in [5, 5.41) is 23.8. The van der Waals surface area contributed by atoms with Crippen molar-refractivity contribution in [3.8, 4) is 22.9 Å². The highest BCUT2D eigenvalue weighted by molar-refractivity contribution is 5.99. The van der Waals surface area contributed by atoms with E-state index in [1.54, 1.807) is 30.5 Å². The molecule has 3 N–H and O–H groups in total. The number of amides is 2. The van der Waals surface area contributed by atoms with Gasteiger partial charge in [0.1, 0.15) is 23.7 Å². The Morgan fingerprint density at radius 2 is 1.91 bits per heavy atom. The number of hydrogen-bond donors (Lipinski definition) is 3. The minimum Gasteiger partial charge on any atom is -0.489 e. The number of pyridine rings is 1. The molecule has 0 spiro atoms. The molecule has 2 atom stereocenters. The smallest absolute Gasteiger partial charge is 0.229 e. The maximum atomic E-state index is 12.5. The van der Waals surface area contributed by atoms with Crippen LogP contribution in [-0.4, -0.2) is 54.4 Å². The van der Waals surface area contributed by atoms with Crippen LogP contribution >= 0.6 is 0 Å². The van der Waals surface area contributed by atoms with Crippen LogP contribution < -0.4 is 15.4 Å². The number of hydrogen-bond acceptors (Lipinski definition) is 7. The van der Waals surface area contributed by atoms with Crippen LogP contribution in [0, 0.1) is 23.2 Å². The first-order valence-electron chi connectivity index (χ1n) is 11.0. The lowest BCUT2D eigenvalue weighted by Gasteiger charge is -2.23. The summed E-state index contributed by atoms with van der Waals surface area (Å²) in [6.07, 6.45) is 3.69. The summed E-state index contributed by atoms with van der Waals surface area (Å²) in [5.41, 5.74) is 2.04. The summed E-state index contributed by atoms with van der Waals surface area (Å²) in [7, 11) is 0. The van der Waals surface area contributed by atoms with E-state index in [0.29, 0.717) is 36.8 Å². The lowest BCUT2D eigenvalue weighted by atomic mass is 10.0. The van der Waals surface area contributed by atoms with Crippen LogP contribution in [0.15, 0.2) is 36.5 Å². The van der Waals surface area contributed by atoms with Crippen molar-refractivity contribution in [3.63, 3.8) is 0 Å². The Labute approximate surface area is 191 Å². The van der Waals surface area contributed by atoms with Gasteiger partial charge >= 0.3 is 0 Å². The number of anilines is 1. The van der Waals surface area contributed by atoms with Crippen LogP contribution in [0.5, 0.6) is 5.75 Å². The zero-order valence-electron chi connectivity index (χ0n) is 18.1. The van der Waals surface area contributed by atoms with Gasteiger partial charge < -0.3 is 25.2 Å². The Bertz CT molecular complexity index is 1060. The fourth-order valence-electron chi connectivity index (χ4n) is 3.86. The van der Waals surface area contributed by atoms with Gasteiger partial charge in [-0.05, 0) is 41.8 Å². The van der Waals surface area contributed by atoms with E-state index < -0.39 is 5.92 Å². The van der Waals surface area contributed by atoms with E-state index in [1.165, 1.54) is 0 Å². The van der Waals surface area contributed by atoms with E-state index in [4.69, 9.17) is 14.6 Å². The molecule has 2 aliphatic rings. The van der Waals surface area contributed by atoms with Gasteiger partial charge in [0, 0.05) is 25.6 Å². The molecule has 9 nitrogen and oxygen atoms in total. The lowest BCUT2D eigenvalue weighted by molar-refractivity contribution is -0.125. The fourth-order valence-corrected chi connectivity index (χ4v) is 3.86. The Balaban J connectivity index is 1.41. The molecule has 2 amide bonds. The molecule has 0 bridgehead atoms. The van der Waals surface area contributed by atoms with E-state index >= 15 is 0 Å². The molecule has 1 saturated heterocycles. The van der Waals surface area contributed by atoms with Crippen molar-refractivity contribution in [1.29, 1.82) is 5.26 Å². The van der Waals surface area contributed by atoms with Gasteiger partial charge in [0.15, 0.2) is 0 Å². The van der Waals surface area contributed by atoms with Gasteiger partial charge in [-0.3, -0.25) is 9.59 Å². The quantitative estimate of drug-likeness (QED) is 0.559. The molecule has 33 heavy (non-hydrogen) atoms. The van der Waals surface area contributed by atoms with Crippen LogP contribution in [0.25, 0.3) is 11.1 Å². The fraction of sp³-hybridized carbons (Fsp3) is 0.417. The van der Waals surface area contributed by atoms with Gasteiger partial charge in [0.25, 0.3) is 0 Å². The number of aliphatic hydroxyl groups is 1. The molecule has 4 rings (SSSR count). The average molecular weight is 450 g/mol. The van der Waals surface area contributed by atoms with Crippen LogP contribution in [0.3, 0.4) is 0 Å². The number of carbonyl (C=O) groups excluding carboxylic acids is 2. The summed E-state index contributed by atoms with van der Waals surface area (Å²) in [6.45, 7) is 1.36. The zero-order valence-corrected chi connectivity index (χ0v) is 18.1. The first-order valence-corrected chi connectivity index (χ1v) is 11.0. The molecule has 0 radical (unpaired) electrons. The van der Waals surface area contributed by atoms with Crippen molar-refractivity contribution in [2.75, 3.05) is 31.7 Å². The van der Waals surface area contributed by atoms with Crippen LogP contribution in [0.1, 0.15) is 24.8 Å². The highest BCUT2D eigenvalue weighted by atomic mass is 16.5. The molecule has 1 aliphatic carbocycles. The predicted octanol–water partition coefficient (Wildman–Crippen LogP) is 1.86. The lowest BCUT2D eigenvalue weighted by Crippen LogP contribution is -2.29. The highest BCUT2D eigenvalue weighted by Gasteiger charge is 2.48. The number of benzene rings is 1. The maximum Gasteiger partial charge on any atom is 0.229 e. The largest absolute Gasteiger partial charge is 0.489 e. The average Bonchev–Trinajstić information content (AvgIpc) is 3.65. The minimum atomic E-state index is -0.402. The third kappa shape index (κ3) is 5.66. The van der Waals surface area contributed by atoms with E-state index in [9.17, 15) is 14.9 Å². The van der Waals surface area contributed by atoms with Gasteiger partial charge in [-0.25, -0.2) is 4.98 Å². The normalized spacial score (nSPS) is 19.9. The Hall–Kier alpha value is -3.48. The number of rotatable bonds is 8. The van der Waals surface area contributed by atoms with Gasteiger partial charge in [-0.2, -0.15) is 5.26 Å². The number of nitrogens with zero attached hydrogens (tertiary/aromatic N) is 2. The molecule has 1 saturated carbocycles. The van der Waals surface area contributed by atoms with E-state index in [1.807, 2.05) is 6.07 Å². The Kier molecular flexibility index (Phi) is 7.17. The van der Waals surface area contributed by atoms with E-state index in [0.717, 1.165) is 24.0 Å². The van der Waals surface area contributed by atoms with E-state index in [-0.39, 0.29) is 37.0 Å². The van der Waals surface area contributed by atoms with Gasteiger partial charge in [0.2, 0.25) is 11.8 Å². The monoisotopic (exact) mass is 450 g/mol. The third-order valence-corrected chi connectivity index (χ3v) is 5.78. The molecule has 1 aromatic carbocycles. The first-order chi connectivity index (χ1) is 16.1. The second-order valence-electron chi connectivity index (χ2n) is 8.13. The number of aliphatic hydroxyl groups excluding tert-OH is 1. The van der Waals surface area contributed by atoms with Crippen molar-refractivity contribution in [2.45, 2.75) is 25.4 Å². The number of nitrogens with one attached hydrogen (secondary N) is 2. The van der Waals surface area contributed by atoms with Crippen LogP contribution in [-0.2, 0) is 14.3 Å². The number of ether oxygens (including phenoxy) is 2. The van der Waals surface area contributed by atoms with Crippen LogP contribution in [0.2, 0.25) is 0 Å². The number of carbonyl (C=O) groups is 2. The summed E-state index contributed by atoms with van der Waals surface area (Å²) in [5.74, 6) is -0.336. The molecule has 172 valence electrons. The van der Waals surface area contributed by atoms with Crippen molar-refractivity contribution in [2.24, 2.45) is 11.8 Å². The summed E-state index contributed by atoms with van der Waals surface area (Å²) in [4.78, 5) is 28.6. The topological polar surface area (TPSA) is 134 Å². The zero-order chi connectivity index (χ0) is 23.2. The highest BCUT2D eigenvalue weighted by Crippen LogP contribution is 2.39. The third-order valence-electron chi connectivity index (χ3n) is 5.78. The Morgan fingerprint density at radius 1 is 1.15 bits per heavy atom. The van der Waals surface area contributed by atoms with Gasteiger partial charge in [-0.1, -0.05) is 6.07 Å². The number of nitriles is 1. The molecule has 1 aliphatic heterocycles. The van der Waals surface area contributed by atoms with Gasteiger partial charge in [0.05, 0.1) is 37.2 Å². The molecular formula is C24H26N4O5.